The van der Waals surface area contributed by atoms with Gasteiger partial charge < -0.3 is 9.67 Å². The van der Waals surface area contributed by atoms with Gasteiger partial charge in [-0.2, -0.15) is 0 Å². The molecule has 172 valence electrons. The lowest BCUT2D eigenvalue weighted by Crippen LogP contribution is -2.39. The zero-order valence-electron chi connectivity index (χ0n) is 18.6. The second-order valence-electron chi connectivity index (χ2n) is 8.53. The number of nitrogens with one attached hydrogen (secondary N) is 1. The van der Waals surface area contributed by atoms with Crippen molar-refractivity contribution in [2.45, 2.75) is 19.4 Å². The minimum atomic E-state index is -0.871. The first-order valence-electron chi connectivity index (χ1n) is 11.3. The molecule has 0 saturated heterocycles. The minimum Gasteiger partial charge on any atom is -0.506 e. The van der Waals surface area contributed by atoms with Crippen LogP contribution in [-0.4, -0.2) is 25.2 Å². The average molecular weight is 464 g/mol. The maximum absolute atomic E-state index is 13.4. The van der Waals surface area contributed by atoms with Crippen molar-refractivity contribution in [1.82, 2.24) is 14.2 Å². The first-order valence-corrected chi connectivity index (χ1v) is 11.3. The molecular weight excluding hydrogens is 444 g/mol. The van der Waals surface area contributed by atoms with E-state index in [-0.39, 0.29) is 6.42 Å². The van der Waals surface area contributed by atoms with E-state index in [0.717, 1.165) is 15.8 Å². The van der Waals surface area contributed by atoms with Gasteiger partial charge in [-0.05, 0) is 35.7 Å². The Morgan fingerprint density at radius 2 is 1.66 bits per heavy atom. The Morgan fingerprint density at radius 1 is 0.914 bits per heavy atom. The smallest absolute Gasteiger partial charge is 0.280 e. The van der Waals surface area contributed by atoms with E-state index in [2.05, 4.69) is 10.4 Å². The molecule has 0 atom stereocenters. The Balaban J connectivity index is 1.50. The van der Waals surface area contributed by atoms with Gasteiger partial charge in [0, 0.05) is 18.4 Å². The van der Waals surface area contributed by atoms with Crippen LogP contribution in [0.3, 0.4) is 0 Å². The van der Waals surface area contributed by atoms with Gasteiger partial charge in [0.2, 0.25) is 0 Å². The number of pyridine rings is 1. The molecule has 0 saturated carbocycles. The average Bonchev–Trinajstić information content (AvgIpc) is 3.31. The number of rotatable bonds is 4. The molecule has 6 rings (SSSR count). The van der Waals surface area contributed by atoms with Crippen LogP contribution in [0.15, 0.2) is 82.4 Å². The van der Waals surface area contributed by atoms with Crippen molar-refractivity contribution in [2.75, 3.05) is 5.43 Å². The van der Waals surface area contributed by atoms with Gasteiger partial charge in [-0.3, -0.25) is 19.8 Å². The van der Waals surface area contributed by atoms with Crippen LogP contribution in [0.25, 0.3) is 21.8 Å². The van der Waals surface area contributed by atoms with Crippen molar-refractivity contribution >= 4 is 27.7 Å². The normalized spacial score (nSPS) is 12.3. The fourth-order valence-electron chi connectivity index (χ4n) is 4.77. The highest BCUT2D eigenvalue weighted by molar-refractivity contribution is 6.06. The van der Waals surface area contributed by atoms with Crippen molar-refractivity contribution in [1.29, 1.82) is 0 Å². The highest BCUT2D eigenvalue weighted by atomic mass is 16.3. The molecule has 8 nitrogen and oxygen atoms in total. The summed E-state index contributed by atoms with van der Waals surface area (Å²) in [5.74, 6) is -0.960. The number of fused-ring (bicyclic) bond motifs is 1. The summed E-state index contributed by atoms with van der Waals surface area (Å²) in [6.45, 7) is 0.423. The Labute approximate surface area is 198 Å². The van der Waals surface area contributed by atoms with Crippen LogP contribution in [-0.2, 0) is 19.4 Å². The summed E-state index contributed by atoms with van der Waals surface area (Å²) in [6.07, 6.45) is 0.921. The number of carbonyl (C=O) groups excluding carboxylic acids is 1. The molecule has 2 N–H and O–H groups in total. The van der Waals surface area contributed by atoms with Gasteiger partial charge in [-0.1, -0.05) is 54.6 Å². The fraction of sp³-hybridized carbons (Fsp3) is 0.111. The molecule has 5 aromatic rings. The molecule has 0 spiro atoms. The molecular formula is C27H20N4O4. The van der Waals surface area contributed by atoms with Crippen LogP contribution in [0.4, 0.5) is 0 Å². The number of hydrogen-bond donors (Lipinski definition) is 2. The van der Waals surface area contributed by atoms with Crippen LogP contribution in [0.5, 0.6) is 5.75 Å². The van der Waals surface area contributed by atoms with E-state index in [9.17, 15) is 19.5 Å². The molecule has 3 aromatic carbocycles. The predicted octanol–water partition coefficient (Wildman–Crippen LogP) is 2.95. The standard InChI is InChI=1S/C27H20N4O4/c32-24-19-11-6-9-17-13-14-30(23(17)19)27(35)22(24)25(33)29-31-21(15-16-7-2-1-3-8-16)28-20-12-5-4-10-18(20)26(31)34/h1-12,32H,13-15H2,(H,29,33). The van der Waals surface area contributed by atoms with Crippen LogP contribution in [0.2, 0.25) is 0 Å². The maximum atomic E-state index is 13.4. The topological polar surface area (TPSA) is 106 Å². The number of aromatic hydroxyl groups is 1. The van der Waals surface area contributed by atoms with E-state index in [0.29, 0.717) is 40.6 Å². The summed E-state index contributed by atoms with van der Waals surface area (Å²) in [5.41, 5.74) is 4.07. The largest absolute Gasteiger partial charge is 0.506 e. The summed E-state index contributed by atoms with van der Waals surface area (Å²) in [5, 5.41) is 11.7. The third-order valence-corrected chi connectivity index (χ3v) is 6.44. The van der Waals surface area contributed by atoms with E-state index in [1.165, 1.54) is 4.57 Å². The minimum absolute atomic E-state index is 0.276. The van der Waals surface area contributed by atoms with Gasteiger partial charge in [-0.25, -0.2) is 9.66 Å². The quantitative estimate of drug-likeness (QED) is 0.425. The van der Waals surface area contributed by atoms with E-state index < -0.39 is 28.3 Å². The summed E-state index contributed by atoms with van der Waals surface area (Å²) in [6, 6.07) is 21.7. The maximum Gasteiger partial charge on any atom is 0.280 e. The van der Waals surface area contributed by atoms with Gasteiger partial charge in [0.1, 0.15) is 17.1 Å². The third-order valence-electron chi connectivity index (χ3n) is 6.44. The molecule has 0 bridgehead atoms. The van der Waals surface area contributed by atoms with Crippen LogP contribution in [0.1, 0.15) is 27.3 Å². The lowest BCUT2D eigenvalue weighted by Gasteiger charge is -2.16. The highest BCUT2D eigenvalue weighted by Crippen LogP contribution is 2.32. The number of amides is 1. The zero-order chi connectivity index (χ0) is 24.1. The van der Waals surface area contributed by atoms with Gasteiger partial charge in [-0.15, -0.1) is 0 Å². The molecule has 2 aromatic heterocycles. The van der Waals surface area contributed by atoms with Crippen molar-refractivity contribution in [2.24, 2.45) is 0 Å². The number of carbonyl (C=O) groups is 1. The van der Waals surface area contributed by atoms with Gasteiger partial charge in [0.25, 0.3) is 17.0 Å². The molecule has 0 unspecified atom stereocenters. The first kappa shape index (κ1) is 20.9. The van der Waals surface area contributed by atoms with Gasteiger partial charge in [0.05, 0.1) is 16.4 Å². The van der Waals surface area contributed by atoms with Gasteiger partial charge in [0.15, 0.2) is 0 Å². The van der Waals surface area contributed by atoms with Gasteiger partial charge >= 0.3 is 0 Å². The number of para-hydroxylation sites is 2. The molecule has 1 aliphatic rings. The van der Waals surface area contributed by atoms with Crippen molar-refractivity contribution in [3.63, 3.8) is 0 Å². The molecule has 1 aliphatic heterocycles. The predicted molar refractivity (Wildman–Crippen MR) is 133 cm³/mol. The van der Waals surface area contributed by atoms with E-state index in [1.54, 1.807) is 36.4 Å². The van der Waals surface area contributed by atoms with E-state index in [1.807, 2.05) is 36.4 Å². The fourth-order valence-corrected chi connectivity index (χ4v) is 4.77. The summed E-state index contributed by atoms with van der Waals surface area (Å²) >= 11 is 0. The van der Waals surface area contributed by atoms with Crippen molar-refractivity contribution < 1.29 is 9.90 Å². The number of hydrogen-bond acceptors (Lipinski definition) is 5. The zero-order valence-corrected chi connectivity index (χ0v) is 18.6. The Hall–Kier alpha value is -4.72. The number of aryl methyl sites for hydroxylation is 2. The lowest BCUT2D eigenvalue weighted by molar-refractivity contribution is 0.100. The Morgan fingerprint density at radius 3 is 2.49 bits per heavy atom. The number of benzene rings is 3. The van der Waals surface area contributed by atoms with Crippen LogP contribution < -0.4 is 16.5 Å². The molecule has 1 amide bonds. The van der Waals surface area contributed by atoms with Crippen molar-refractivity contribution in [3.8, 4) is 5.75 Å². The summed E-state index contributed by atoms with van der Waals surface area (Å²) in [4.78, 5) is 44.6. The van der Waals surface area contributed by atoms with Crippen LogP contribution >= 0.6 is 0 Å². The third kappa shape index (κ3) is 3.30. The highest BCUT2D eigenvalue weighted by Gasteiger charge is 2.27. The Kier molecular flexibility index (Phi) is 4.74. The molecule has 0 radical (unpaired) electrons. The monoisotopic (exact) mass is 464 g/mol. The second kappa shape index (κ2) is 7.95. The molecule has 3 heterocycles. The number of aromatic nitrogens is 3. The number of nitrogens with zero attached hydrogens (tertiary/aromatic N) is 3. The van der Waals surface area contributed by atoms with E-state index >= 15 is 0 Å². The first-order chi connectivity index (χ1) is 17.0. The van der Waals surface area contributed by atoms with E-state index in [4.69, 9.17) is 0 Å². The summed E-state index contributed by atoms with van der Waals surface area (Å²) in [7, 11) is 0. The molecule has 8 heteroatoms. The van der Waals surface area contributed by atoms with Crippen LogP contribution in [0, 0.1) is 0 Å². The Bertz CT molecular complexity index is 1770. The summed E-state index contributed by atoms with van der Waals surface area (Å²) < 4.78 is 2.58. The molecule has 35 heavy (non-hydrogen) atoms. The van der Waals surface area contributed by atoms with Crippen molar-refractivity contribution in [3.05, 3.63) is 116 Å². The molecule has 0 fully saturated rings. The molecule has 0 aliphatic carbocycles. The second-order valence-corrected chi connectivity index (χ2v) is 8.53. The SMILES string of the molecule is O=C(Nn1c(Cc2ccccc2)nc2ccccc2c1=O)c1c(O)c2cccc3c2n(c1=O)CC3. The lowest BCUT2D eigenvalue weighted by atomic mass is 10.1.